The number of methoxy groups -OCH3 is 2. The van der Waals surface area contributed by atoms with Gasteiger partial charge < -0.3 is 29.3 Å². The van der Waals surface area contributed by atoms with Crippen molar-refractivity contribution in [2.45, 2.75) is 46.0 Å². The minimum Gasteiger partial charge on any atom is -0.493 e. The third-order valence-electron chi connectivity index (χ3n) is 7.60. The number of nitrogens with zero attached hydrogens (tertiary/aromatic N) is 3. The normalized spacial score (nSPS) is 17.2. The van der Waals surface area contributed by atoms with Gasteiger partial charge in [0.05, 0.1) is 31.3 Å². The van der Waals surface area contributed by atoms with Gasteiger partial charge in [-0.15, -0.1) is 0 Å². The zero-order chi connectivity index (χ0) is 31.2. The highest BCUT2D eigenvalue weighted by molar-refractivity contribution is 5.92. The third-order valence-corrected chi connectivity index (χ3v) is 7.60. The zero-order valence-electron chi connectivity index (χ0n) is 26.1. The van der Waals surface area contributed by atoms with Crippen LogP contribution in [0.5, 0.6) is 11.5 Å². The molecule has 0 radical (unpaired) electrons. The van der Waals surface area contributed by atoms with Gasteiger partial charge in [0.15, 0.2) is 11.5 Å². The number of dihydropyridines is 1. The lowest BCUT2D eigenvalue weighted by atomic mass is 9.86. The molecule has 0 saturated carbocycles. The molecule has 234 valence electrons. The number of nitrogens with one attached hydrogen (secondary N) is 1. The van der Waals surface area contributed by atoms with E-state index in [1.54, 1.807) is 26.2 Å². The van der Waals surface area contributed by atoms with Gasteiger partial charge in [-0.1, -0.05) is 43.7 Å². The largest absolute Gasteiger partial charge is 0.493 e. The van der Waals surface area contributed by atoms with Crippen molar-refractivity contribution in [2.75, 3.05) is 60.1 Å². The second-order valence-corrected chi connectivity index (χ2v) is 10.7. The molecule has 2 aromatic rings. The molecule has 1 unspecified atom stereocenters. The Bertz CT molecular complexity index is 1270. The van der Waals surface area contributed by atoms with Crippen LogP contribution < -0.4 is 14.8 Å². The molecule has 1 N–H and O–H groups in total. The smallest absolute Gasteiger partial charge is 0.336 e. The van der Waals surface area contributed by atoms with Gasteiger partial charge in [0, 0.05) is 62.2 Å². The van der Waals surface area contributed by atoms with Gasteiger partial charge in [0.2, 0.25) is 0 Å². The number of nitro groups is 1. The van der Waals surface area contributed by atoms with Crippen molar-refractivity contribution in [3.63, 3.8) is 0 Å². The molecule has 2 heterocycles. The van der Waals surface area contributed by atoms with E-state index >= 15 is 0 Å². The number of nitro benzene ring substituents is 1. The van der Waals surface area contributed by atoms with Crippen LogP contribution in [0.15, 0.2) is 71.6 Å². The minimum absolute atomic E-state index is 0.000968. The van der Waals surface area contributed by atoms with E-state index in [1.165, 1.54) is 64.8 Å². The van der Waals surface area contributed by atoms with Gasteiger partial charge in [0.1, 0.15) is 0 Å². The van der Waals surface area contributed by atoms with Gasteiger partial charge in [-0.05, 0) is 50.9 Å². The summed E-state index contributed by atoms with van der Waals surface area (Å²) in [6.07, 6.45) is 5.54. The highest BCUT2D eigenvalue weighted by Crippen LogP contribution is 2.34. The number of benzene rings is 2. The lowest BCUT2D eigenvalue weighted by molar-refractivity contribution is -0.384. The molecule has 0 aromatic heterocycles. The van der Waals surface area contributed by atoms with Crippen molar-refractivity contribution in [1.29, 1.82) is 0 Å². The van der Waals surface area contributed by atoms with E-state index in [1.807, 2.05) is 37.3 Å². The summed E-state index contributed by atoms with van der Waals surface area (Å²) < 4.78 is 16.0. The lowest BCUT2D eigenvalue weighted by Gasteiger charge is -2.34. The first kappa shape index (κ1) is 33.6. The van der Waals surface area contributed by atoms with Crippen molar-refractivity contribution in [3.8, 4) is 11.5 Å². The summed E-state index contributed by atoms with van der Waals surface area (Å²) >= 11 is 0. The quantitative estimate of drug-likeness (QED) is 0.147. The Hall–Kier alpha value is -3.89. The molecule has 0 aliphatic carbocycles. The average molecular weight is 595 g/mol. The van der Waals surface area contributed by atoms with Crippen LogP contribution in [0.1, 0.15) is 51.5 Å². The standard InChI is InChI=1S/C18H30N2O2.C15H16N2O4/c1-3-4-10-19-12-14-20(15-13-19)11-7-16-22-18-9-6-5-8-17(18)21-2;1-9-7-13(14(10(2)16-9)15(18)21-3)11-5-4-6-12(8-11)17(19)20/h5-6,8-9H,3-4,7,10-16H2,1-2H3;4-8,13,16H,1-3H3. The fourth-order valence-corrected chi connectivity index (χ4v) is 5.28. The maximum atomic E-state index is 12.0. The van der Waals surface area contributed by atoms with Crippen molar-refractivity contribution < 1.29 is 23.9 Å². The molecule has 1 atom stereocenters. The number of hydrogen-bond acceptors (Lipinski definition) is 9. The van der Waals surface area contributed by atoms with Crippen LogP contribution in [0.3, 0.4) is 0 Å². The summed E-state index contributed by atoms with van der Waals surface area (Å²) in [5.41, 5.74) is 2.72. The minimum atomic E-state index is -0.449. The van der Waals surface area contributed by atoms with Gasteiger partial charge in [-0.2, -0.15) is 0 Å². The average Bonchev–Trinajstić information content (AvgIpc) is 3.02. The van der Waals surface area contributed by atoms with Crippen LogP contribution in [0.4, 0.5) is 5.69 Å². The first-order valence-electron chi connectivity index (χ1n) is 15.0. The molecule has 43 heavy (non-hydrogen) atoms. The molecule has 2 aromatic carbocycles. The van der Waals surface area contributed by atoms with Gasteiger partial charge >= 0.3 is 5.97 Å². The topological polar surface area (TPSA) is 106 Å². The van der Waals surface area contributed by atoms with Gasteiger partial charge in [-0.25, -0.2) is 4.79 Å². The highest BCUT2D eigenvalue weighted by Gasteiger charge is 2.28. The van der Waals surface area contributed by atoms with E-state index < -0.39 is 10.9 Å². The summed E-state index contributed by atoms with van der Waals surface area (Å²) in [6, 6.07) is 14.1. The van der Waals surface area contributed by atoms with Crippen molar-refractivity contribution >= 4 is 11.7 Å². The predicted octanol–water partition coefficient (Wildman–Crippen LogP) is 5.51. The van der Waals surface area contributed by atoms with E-state index in [9.17, 15) is 14.9 Å². The molecule has 0 amide bonds. The van der Waals surface area contributed by atoms with Gasteiger partial charge in [0.25, 0.3) is 5.69 Å². The molecule has 10 heteroatoms. The number of para-hydroxylation sites is 2. The molecule has 0 spiro atoms. The molecular weight excluding hydrogens is 548 g/mol. The molecule has 2 aliphatic heterocycles. The number of piperazine rings is 1. The fraction of sp³-hybridized carbons (Fsp3) is 0.485. The zero-order valence-corrected chi connectivity index (χ0v) is 26.1. The Morgan fingerprint density at radius 2 is 1.63 bits per heavy atom. The Labute approximate surface area is 255 Å². The van der Waals surface area contributed by atoms with Crippen LogP contribution in [-0.4, -0.2) is 80.8 Å². The Morgan fingerprint density at radius 3 is 2.23 bits per heavy atom. The summed E-state index contributed by atoms with van der Waals surface area (Å²) in [5, 5.41) is 14.0. The van der Waals surface area contributed by atoms with Crippen LogP contribution in [0.2, 0.25) is 0 Å². The maximum absolute atomic E-state index is 12.0. The first-order valence-corrected chi connectivity index (χ1v) is 15.0. The van der Waals surface area contributed by atoms with Crippen LogP contribution in [0.25, 0.3) is 0 Å². The van der Waals surface area contributed by atoms with Gasteiger partial charge in [-0.3, -0.25) is 10.1 Å². The van der Waals surface area contributed by atoms with Crippen molar-refractivity contribution in [1.82, 2.24) is 15.1 Å². The summed E-state index contributed by atoms with van der Waals surface area (Å²) in [4.78, 5) is 27.6. The monoisotopic (exact) mass is 594 g/mol. The van der Waals surface area contributed by atoms with E-state index in [0.29, 0.717) is 16.8 Å². The molecule has 2 aliphatic rings. The van der Waals surface area contributed by atoms with Crippen LogP contribution in [-0.2, 0) is 9.53 Å². The number of carbonyl (C=O) groups is 1. The molecule has 1 saturated heterocycles. The Balaban J connectivity index is 0.000000236. The van der Waals surface area contributed by atoms with Crippen molar-refractivity contribution in [2.24, 2.45) is 0 Å². The number of non-ortho nitro benzene ring substituents is 1. The Morgan fingerprint density at radius 1 is 0.977 bits per heavy atom. The number of ether oxygens (including phenoxy) is 3. The van der Waals surface area contributed by atoms with Crippen LogP contribution in [0, 0.1) is 10.1 Å². The summed E-state index contributed by atoms with van der Waals surface area (Å²) in [5.74, 6) is 0.847. The number of rotatable bonds is 12. The molecular formula is C33H46N4O6. The number of carbonyl (C=O) groups excluding carboxylic acids is 1. The second-order valence-electron chi connectivity index (χ2n) is 10.7. The SMILES string of the molecule is CCCCN1CCN(CCCOc2ccccc2OC)CC1.COC(=O)C1=C(C)NC(C)=CC1c1cccc([N+](=O)[O-])c1. The predicted molar refractivity (Wildman–Crippen MR) is 168 cm³/mol. The van der Waals surface area contributed by atoms with E-state index in [-0.39, 0.29) is 11.6 Å². The van der Waals surface area contributed by atoms with Crippen molar-refractivity contribution in [3.05, 3.63) is 87.3 Å². The molecule has 0 bridgehead atoms. The summed E-state index contributed by atoms with van der Waals surface area (Å²) in [7, 11) is 3.00. The Kier molecular flexibility index (Phi) is 13.5. The first-order chi connectivity index (χ1) is 20.8. The molecule has 10 nitrogen and oxygen atoms in total. The maximum Gasteiger partial charge on any atom is 0.336 e. The second kappa shape index (κ2) is 17.3. The van der Waals surface area contributed by atoms with Crippen LogP contribution >= 0.6 is 0 Å². The molecule has 1 fully saturated rings. The highest BCUT2D eigenvalue weighted by atomic mass is 16.6. The summed E-state index contributed by atoms with van der Waals surface area (Å²) in [6.45, 7) is 13.9. The van der Waals surface area contributed by atoms with E-state index in [0.717, 1.165) is 36.8 Å². The number of esters is 1. The lowest BCUT2D eigenvalue weighted by Crippen LogP contribution is -2.46. The fourth-order valence-electron chi connectivity index (χ4n) is 5.28. The number of allylic oxidation sites excluding steroid dienone is 3. The third kappa shape index (κ3) is 10.1. The number of hydrogen-bond donors (Lipinski definition) is 1. The van der Waals surface area contributed by atoms with E-state index in [2.05, 4.69) is 22.0 Å². The van der Waals surface area contributed by atoms with E-state index in [4.69, 9.17) is 14.2 Å². The molecule has 4 rings (SSSR count). The number of unbranched alkanes of at least 4 members (excludes halogenated alkanes) is 1.